The summed E-state index contributed by atoms with van der Waals surface area (Å²) in [7, 11) is 0. The third kappa shape index (κ3) is 2.76. The van der Waals surface area contributed by atoms with Gasteiger partial charge in [0.2, 0.25) is 0 Å². The number of hydrogen-bond donors (Lipinski definition) is 1. The summed E-state index contributed by atoms with van der Waals surface area (Å²) in [5.41, 5.74) is 7.69. The first-order valence-electron chi connectivity index (χ1n) is 6.97. The van der Waals surface area contributed by atoms with Crippen LogP contribution in [0.4, 0.5) is 4.39 Å². The van der Waals surface area contributed by atoms with Gasteiger partial charge < -0.3 is 10.5 Å². The molecular formula is C17H17ClFNO. The van der Waals surface area contributed by atoms with Gasteiger partial charge in [0.15, 0.2) is 0 Å². The van der Waals surface area contributed by atoms with E-state index in [1.165, 1.54) is 6.07 Å². The van der Waals surface area contributed by atoms with Gasteiger partial charge in [0.25, 0.3) is 0 Å². The summed E-state index contributed by atoms with van der Waals surface area (Å²) in [5, 5.41) is 0.184. The Balaban J connectivity index is 1.91. The van der Waals surface area contributed by atoms with Crippen molar-refractivity contribution in [3.63, 3.8) is 0 Å². The van der Waals surface area contributed by atoms with Crippen molar-refractivity contribution in [2.24, 2.45) is 11.1 Å². The molecule has 1 aliphatic heterocycles. The highest BCUT2D eigenvalue weighted by Crippen LogP contribution is 2.37. The molecule has 0 bridgehead atoms. The van der Waals surface area contributed by atoms with Crippen molar-refractivity contribution in [3.8, 4) is 5.75 Å². The highest BCUT2D eigenvalue weighted by molar-refractivity contribution is 6.31. The first-order chi connectivity index (χ1) is 10.1. The van der Waals surface area contributed by atoms with E-state index in [9.17, 15) is 4.39 Å². The molecule has 2 N–H and O–H groups in total. The average molecular weight is 306 g/mol. The van der Waals surface area contributed by atoms with Gasteiger partial charge in [0.05, 0.1) is 11.6 Å². The molecule has 3 rings (SSSR count). The monoisotopic (exact) mass is 305 g/mol. The van der Waals surface area contributed by atoms with Crippen LogP contribution in [0.3, 0.4) is 0 Å². The summed E-state index contributed by atoms with van der Waals surface area (Å²) < 4.78 is 19.5. The lowest BCUT2D eigenvalue weighted by Crippen LogP contribution is -2.43. The van der Waals surface area contributed by atoms with Gasteiger partial charge in [-0.05, 0) is 36.1 Å². The number of hydrogen-bond acceptors (Lipinski definition) is 2. The molecule has 0 aliphatic carbocycles. The third-order valence-electron chi connectivity index (χ3n) is 4.10. The Morgan fingerprint density at radius 2 is 2.00 bits per heavy atom. The summed E-state index contributed by atoms with van der Waals surface area (Å²) in [6.07, 6.45) is 1.42. The second-order valence-corrected chi connectivity index (χ2v) is 6.04. The molecule has 0 radical (unpaired) electrons. The van der Waals surface area contributed by atoms with E-state index in [2.05, 4.69) is 0 Å². The van der Waals surface area contributed by atoms with Crippen LogP contribution < -0.4 is 10.5 Å². The summed E-state index contributed by atoms with van der Waals surface area (Å²) in [5.74, 6) is 0.519. The Morgan fingerprint density at radius 1 is 1.19 bits per heavy atom. The number of benzene rings is 2. The van der Waals surface area contributed by atoms with E-state index in [-0.39, 0.29) is 10.4 Å². The second kappa shape index (κ2) is 5.66. The standard InChI is InChI=1S/C17H17ClFNO/c18-16-13(5-3-6-14(16)19)9-17(10-20)8-12-4-1-2-7-15(12)21-11-17/h1-7H,8-11,20H2. The first-order valence-corrected chi connectivity index (χ1v) is 7.35. The van der Waals surface area contributed by atoms with Crippen molar-refractivity contribution < 1.29 is 9.13 Å². The summed E-state index contributed by atoms with van der Waals surface area (Å²) in [6, 6.07) is 12.9. The lowest BCUT2D eigenvalue weighted by molar-refractivity contribution is 0.126. The maximum Gasteiger partial charge on any atom is 0.142 e. The molecule has 110 valence electrons. The van der Waals surface area contributed by atoms with Crippen molar-refractivity contribution in [1.82, 2.24) is 0 Å². The van der Waals surface area contributed by atoms with E-state index in [1.807, 2.05) is 30.3 Å². The SMILES string of the molecule is NCC1(Cc2cccc(F)c2Cl)COc2ccccc2C1. The predicted octanol–water partition coefficient (Wildman–Crippen LogP) is 3.60. The fourth-order valence-electron chi connectivity index (χ4n) is 2.88. The Hall–Kier alpha value is -1.58. The molecule has 0 spiro atoms. The van der Waals surface area contributed by atoms with Gasteiger partial charge in [0.1, 0.15) is 11.6 Å². The summed E-state index contributed by atoms with van der Waals surface area (Å²) in [6.45, 7) is 0.988. The lowest BCUT2D eigenvalue weighted by Gasteiger charge is -2.37. The van der Waals surface area contributed by atoms with Crippen LogP contribution in [0.1, 0.15) is 11.1 Å². The van der Waals surface area contributed by atoms with Crippen LogP contribution >= 0.6 is 11.6 Å². The van der Waals surface area contributed by atoms with Crippen LogP contribution in [-0.2, 0) is 12.8 Å². The molecule has 0 amide bonds. The molecule has 1 unspecified atom stereocenters. The molecule has 0 aromatic heterocycles. The minimum atomic E-state index is -0.390. The van der Waals surface area contributed by atoms with Gasteiger partial charge >= 0.3 is 0 Å². The van der Waals surface area contributed by atoms with Crippen molar-refractivity contribution in [3.05, 3.63) is 64.4 Å². The average Bonchev–Trinajstić information content (AvgIpc) is 2.52. The van der Waals surface area contributed by atoms with E-state index in [0.29, 0.717) is 19.6 Å². The Bertz CT molecular complexity index is 661. The summed E-state index contributed by atoms with van der Waals surface area (Å²) in [4.78, 5) is 0. The van der Waals surface area contributed by atoms with Crippen LogP contribution in [0, 0.1) is 11.2 Å². The molecule has 2 nitrogen and oxygen atoms in total. The molecule has 2 aromatic carbocycles. The van der Waals surface area contributed by atoms with Crippen LogP contribution in [0.2, 0.25) is 5.02 Å². The van der Waals surface area contributed by atoms with Crippen LogP contribution in [0.5, 0.6) is 5.75 Å². The van der Waals surface area contributed by atoms with E-state index in [4.69, 9.17) is 22.1 Å². The molecular weight excluding hydrogens is 289 g/mol. The molecule has 4 heteroatoms. The topological polar surface area (TPSA) is 35.2 Å². The predicted molar refractivity (Wildman–Crippen MR) is 82.2 cm³/mol. The van der Waals surface area contributed by atoms with Gasteiger partial charge in [-0.25, -0.2) is 4.39 Å². The minimum Gasteiger partial charge on any atom is -0.493 e. The number of nitrogens with two attached hydrogens (primary N) is 1. The van der Waals surface area contributed by atoms with E-state index in [0.717, 1.165) is 23.3 Å². The van der Waals surface area contributed by atoms with Gasteiger partial charge in [0, 0.05) is 12.0 Å². The van der Waals surface area contributed by atoms with Crippen molar-refractivity contribution in [2.75, 3.05) is 13.2 Å². The second-order valence-electron chi connectivity index (χ2n) is 5.67. The Kier molecular flexibility index (Phi) is 3.87. The highest BCUT2D eigenvalue weighted by Gasteiger charge is 2.35. The van der Waals surface area contributed by atoms with Crippen LogP contribution in [0.15, 0.2) is 42.5 Å². The summed E-state index contributed by atoms with van der Waals surface area (Å²) >= 11 is 6.07. The zero-order valence-electron chi connectivity index (χ0n) is 11.6. The Morgan fingerprint density at radius 3 is 2.81 bits per heavy atom. The maximum atomic E-state index is 13.6. The van der Waals surface area contributed by atoms with Gasteiger partial charge in [-0.1, -0.05) is 41.9 Å². The number of fused-ring (bicyclic) bond motifs is 1. The minimum absolute atomic E-state index is 0.184. The number of halogens is 2. The molecule has 1 heterocycles. The van der Waals surface area contributed by atoms with Gasteiger partial charge in [-0.15, -0.1) is 0 Å². The first kappa shape index (κ1) is 14.4. The smallest absolute Gasteiger partial charge is 0.142 e. The largest absolute Gasteiger partial charge is 0.493 e. The Labute approximate surface area is 128 Å². The van der Waals surface area contributed by atoms with Crippen LogP contribution in [0.25, 0.3) is 0 Å². The van der Waals surface area contributed by atoms with E-state index >= 15 is 0 Å². The highest BCUT2D eigenvalue weighted by atomic mass is 35.5. The van der Waals surface area contributed by atoms with Gasteiger partial charge in [-0.3, -0.25) is 0 Å². The molecule has 0 fully saturated rings. The third-order valence-corrected chi connectivity index (χ3v) is 4.53. The normalized spacial score (nSPS) is 20.7. The zero-order valence-corrected chi connectivity index (χ0v) is 12.4. The van der Waals surface area contributed by atoms with E-state index in [1.54, 1.807) is 6.07 Å². The molecule has 0 saturated carbocycles. The van der Waals surface area contributed by atoms with Crippen LogP contribution in [-0.4, -0.2) is 13.2 Å². The van der Waals surface area contributed by atoms with Gasteiger partial charge in [-0.2, -0.15) is 0 Å². The van der Waals surface area contributed by atoms with Crippen molar-refractivity contribution in [2.45, 2.75) is 12.8 Å². The fraction of sp³-hybridized carbons (Fsp3) is 0.294. The lowest BCUT2D eigenvalue weighted by atomic mass is 9.75. The molecule has 2 aromatic rings. The number of para-hydroxylation sites is 1. The van der Waals surface area contributed by atoms with Crippen molar-refractivity contribution >= 4 is 11.6 Å². The maximum absolute atomic E-state index is 13.6. The fourth-order valence-corrected chi connectivity index (χ4v) is 3.08. The van der Waals surface area contributed by atoms with E-state index < -0.39 is 5.82 Å². The molecule has 1 atom stereocenters. The molecule has 0 saturated heterocycles. The zero-order chi connectivity index (χ0) is 14.9. The molecule has 21 heavy (non-hydrogen) atoms. The van der Waals surface area contributed by atoms with Crippen molar-refractivity contribution in [1.29, 1.82) is 0 Å². The quantitative estimate of drug-likeness (QED) is 0.940. The number of ether oxygens (including phenoxy) is 1. The number of rotatable bonds is 3. The molecule has 1 aliphatic rings.